The lowest BCUT2D eigenvalue weighted by molar-refractivity contribution is -0.0690. The molecule has 5 N–H and O–H groups in total. The minimum atomic E-state index is -4.79. The Hall–Kier alpha value is -2.74. The number of unbranched alkanes of at least 4 members (excludes halogenated alkanes) is 15. The molecule has 3 heterocycles. The van der Waals surface area contributed by atoms with Crippen LogP contribution < -0.4 is 5.73 Å². The topological polar surface area (TPSA) is 204 Å². The van der Waals surface area contributed by atoms with Gasteiger partial charge in [-0.1, -0.05) is 121 Å². The van der Waals surface area contributed by atoms with Crippen LogP contribution in [-0.2, 0) is 40.0 Å². The molecule has 1 aliphatic rings. The van der Waals surface area contributed by atoms with Gasteiger partial charge in [-0.3, -0.25) is 9.05 Å². The lowest BCUT2D eigenvalue weighted by Crippen LogP contribution is -2.41. The highest BCUT2D eigenvalue weighted by Gasteiger charge is 2.58. The molecule has 0 amide bonds. The van der Waals surface area contributed by atoms with Gasteiger partial charge >= 0.3 is 7.82 Å². The Labute approximate surface area is 340 Å². The van der Waals surface area contributed by atoms with Crippen LogP contribution in [0.2, 0.25) is 5.02 Å². The maximum atomic E-state index is 13.7. The van der Waals surface area contributed by atoms with Gasteiger partial charge in [0.05, 0.1) is 37.1 Å². The Morgan fingerprint density at radius 1 is 0.982 bits per heavy atom. The average molecular weight is 840 g/mol. The summed E-state index contributed by atoms with van der Waals surface area (Å²) in [5, 5.41) is 35.9. The van der Waals surface area contributed by atoms with E-state index in [1.807, 2.05) is 6.07 Å². The average Bonchev–Trinajstić information content (AvgIpc) is 3.75. The molecule has 0 aliphatic carbocycles. The monoisotopic (exact) mass is 839 g/mol. The first-order valence-corrected chi connectivity index (χ1v) is 22.2. The Bertz CT molecular complexity index is 1730. The Morgan fingerprint density at radius 2 is 1.61 bits per heavy atom. The lowest BCUT2D eigenvalue weighted by Gasteiger charge is -2.24. The van der Waals surface area contributed by atoms with Crippen LogP contribution in [0, 0.1) is 17.1 Å². The number of phosphoric acid groups is 1. The SMILES string of the molecule is CCCCCCCCCCCCCCCCCCOC[C@H](COP(=O)(O)OC[C@H]1O[C@@](C#N)(c2ccc3c(N)ncnn23)[C@H](O)[C@@H]1O)OCc1ccc(F)c(Cl)c1. The van der Waals surface area contributed by atoms with Gasteiger partial charge in [-0.05, 0) is 36.2 Å². The second-order valence-electron chi connectivity index (χ2n) is 14.7. The van der Waals surface area contributed by atoms with Crippen molar-refractivity contribution in [3.8, 4) is 6.07 Å². The van der Waals surface area contributed by atoms with Crippen LogP contribution in [-0.4, -0.2) is 80.5 Å². The molecule has 4 rings (SSSR count). The fourth-order valence-electron chi connectivity index (χ4n) is 6.89. The Morgan fingerprint density at radius 3 is 2.23 bits per heavy atom. The van der Waals surface area contributed by atoms with Crippen LogP contribution in [0.5, 0.6) is 0 Å². The summed E-state index contributed by atoms with van der Waals surface area (Å²) in [4.78, 5) is 14.5. The number of hydrogen-bond donors (Lipinski definition) is 4. The van der Waals surface area contributed by atoms with E-state index >= 15 is 0 Å². The van der Waals surface area contributed by atoms with E-state index in [0.717, 1.165) is 25.6 Å². The number of fused-ring (bicyclic) bond motifs is 1. The number of aliphatic hydroxyl groups excluding tert-OH is 2. The highest BCUT2D eigenvalue weighted by molar-refractivity contribution is 7.47. The van der Waals surface area contributed by atoms with Gasteiger partial charge in [0.25, 0.3) is 0 Å². The van der Waals surface area contributed by atoms with Crippen molar-refractivity contribution in [3.05, 3.63) is 58.8 Å². The molecule has 57 heavy (non-hydrogen) atoms. The molecule has 0 spiro atoms. The molecule has 1 saturated heterocycles. The van der Waals surface area contributed by atoms with Crippen LogP contribution in [0.3, 0.4) is 0 Å². The Kier molecular flexibility index (Phi) is 20.1. The van der Waals surface area contributed by atoms with Crippen molar-refractivity contribution in [1.29, 1.82) is 5.26 Å². The zero-order chi connectivity index (χ0) is 41.1. The van der Waals surface area contributed by atoms with Crippen molar-refractivity contribution in [1.82, 2.24) is 14.6 Å². The molecule has 14 nitrogen and oxygen atoms in total. The minimum Gasteiger partial charge on any atom is -0.387 e. The molecule has 17 heteroatoms. The first-order valence-electron chi connectivity index (χ1n) is 20.3. The summed E-state index contributed by atoms with van der Waals surface area (Å²) in [7, 11) is -4.79. The standard InChI is InChI=1S/C40H60ClFN5O9P/c1-2-3-4-5-6-7-8-9-10-11-12-13-14-15-16-17-22-52-25-31(53-24-30-18-19-33(42)32(41)23-30)26-54-57(50,51)55-27-35-37(48)38(49)40(28-43,56-35)36-21-20-34-39(44)45-29-46-47(34)36/h18-21,23,29,31,35,37-38,48-49H,2-17,22,24-27H2,1H3,(H,50,51)(H2,44,45,46)/t31-,35-,37-,38-,40+/m1/s1. The summed E-state index contributed by atoms with van der Waals surface area (Å²) < 4.78 is 55.9. The maximum Gasteiger partial charge on any atom is 0.472 e. The van der Waals surface area contributed by atoms with Crippen molar-refractivity contribution in [2.75, 3.05) is 32.2 Å². The minimum absolute atomic E-state index is 0.00571. The van der Waals surface area contributed by atoms with Crippen LogP contribution in [0.15, 0.2) is 36.7 Å². The number of benzene rings is 1. The van der Waals surface area contributed by atoms with Gasteiger partial charge in [-0.15, -0.1) is 0 Å². The molecule has 0 saturated carbocycles. The Balaban J connectivity index is 1.18. The molecule has 2 aromatic heterocycles. The van der Waals surface area contributed by atoms with E-state index in [-0.39, 0.29) is 29.7 Å². The third-order valence-electron chi connectivity index (χ3n) is 10.2. The van der Waals surface area contributed by atoms with Gasteiger partial charge in [-0.2, -0.15) is 10.4 Å². The molecule has 1 aliphatic heterocycles. The van der Waals surface area contributed by atoms with Crippen LogP contribution in [0.4, 0.5) is 10.2 Å². The van der Waals surface area contributed by atoms with E-state index in [2.05, 4.69) is 17.0 Å². The van der Waals surface area contributed by atoms with E-state index < -0.39 is 56.9 Å². The zero-order valence-corrected chi connectivity index (χ0v) is 34.6. The number of halogens is 2. The predicted octanol–water partition coefficient (Wildman–Crippen LogP) is 7.94. The molecule has 0 bridgehead atoms. The molecule has 1 unspecified atom stereocenters. The summed E-state index contributed by atoms with van der Waals surface area (Å²) in [5.41, 5.74) is 4.76. The van der Waals surface area contributed by atoms with Crippen molar-refractivity contribution < 1.29 is 47.3 Å². The number of anilines is 1. The molecule has 318 valence electrons. The number of aliphatic hydroxyl groups is 2. The number of phosphoric ester groups is 1. The van der Waals surface area contributed by atoms with E-state index in [4.69, 9.17) is 40.6 Å². The van der Waals surface area contributed by atoms with Crippen molar-refractivity contribution in [2.24, 2.45) is 0 Å². The van der Waals surface area contributed by atoms with Gasteiger partial charge in [0.2, 0.25) is 5.60 Å². The van der Waals surface area contributed by atoms with Gasteiger partial charge in [0, 0.05) is 6.61 Å². The van der Waals surface area contributed by atoms with Gasteiger partial charge in [0.1, 0.15) is 48.1 Å². The van der Waals surface area contributed by atoms with Crippen LogP contribution in [0.25, 0.3) is 5.52 Å². The van der Waals surface area contributed by atoms with Crippen LogP contribution >= 0.6 is 19.4 Å². The molecule has 3 aromatic rings. The smallest absolute Gasteiger partial charge is 0.387 e. The predicted molar refractivity (Wildman–Crippen MR) is 214 cm³/mol. The number of nitriles is 1. The number of ether oxygens (including phenoxy) is 3. The molecule has 6 atom stereocenters. The number of aromatic nitrogens is 3. The largest absolute Gasteiger partial charge is 0.472 e. The highest BCUT2D eigenvalue weighted by Crippen LogP contribution is 2.46. The second kappa shape index (κ2) is 24.4. The van der Waals surface area contributed by atoms with Crippen molar-refractivity contribution in [3.63, 3.8) is 0 Å². The fourth-order valence-corrected chi connectivity index (χ4v) is 7.86. The number of nitrogens with zero attached hydrogens (tertiary/aromatic N) is 4. The van der Waals surface area contributed by atoms with Crippen molar-refractivity contribution >= 4 is 30.8 Å². The number of nitrogens with two attached hydrogens (primary N) is 1. The van der Waals surface area contributed by atoms with E-state index in [9.17, 15) is 29.3 Å². The highest BCUT2D eigenvalue weighted by atomic mass is 35.5. The summed E-state index contributed by atoms with van der Waals surface area (Å²) in [6, 6.07) is 9.03. The van der Waals surface area contributed by atoms with E-state index in [1.165, 1.54) is 118 Å². The number of rotatable bonds is 29. The fraction of sp³-hybridized carbons (Fsp3) is 0.675. The molecule has 1 fully saturated rings. The first kappa shape index (κ1) is 46.9. The molecular weight excluding hydrogens is 780 g/mol. The van der Waals surface area contributed by atoms with Gasteiger partial charge in [-0.25, -0.2) is 18.5 Å². The summed E-state index contributed by atoms with van der Waals surface area (Å²) in [6.45, 7) is 1.61. The van der Waals surface area contributed by atoms with Gasteiger partial charge < -0.3 is 35.1 Å². The quantitative estimate of drug-likeness (QED) is 0.0388. The van der Waals surface area contributed by atoms with Gasteiger partial charge in [0.15, 0.2) is 5.82 Å². The lowest BCUT2D eigenvalue weighted by atomic mass is 9.92. The molecular formula is C40H60ClFN5O9P. The maximum absolute atomic E-state index is 13.7. The molecule has 1 aromatic carbocycles. The summed E-state index contributed by atoms with van der Waals surface area (Å²) >= 11 is 5.93. The normalized spacial score (nSPS) is 21.2. The third kappa shape index (κ3) is 14.5. The molecule has 0 radical (unpaired) electrons. The number of hydrogen-bond acceptors (Lipinski definition) is 12. The van der Waals surface area contributed by atoms with E-state index in [1.54, 1.807) is 0 Å². The summed E-state index contributed by atoms with van der Waals surface area (Å²) in [6.07, 6.45) is 15.6. The zero-order valence-electron chi connectivity index (χ0n) is 33.0. The number of nitrogen functional groups attached to an aromatic ring is 1. The van der Waals surface area contributed by atoms with Crippen molar-refractivity contribution in [2.45, 2.75) is 146 Å². The third-order valence-corrected chi connectivity index (χ3v) is 11.5. The summed E-state index contributed by atoms with van der Waals surface area (Å²) in [5.74, 6) is -0.456. The van der Waals surface area contributed by atoms with E-state index in [0.29, 0.717) is 17.7 Å². The second-order valence-corrected chi connectivity index (χ2v) is 16.6. The first-order chi connectivity index (χ1) is 27.5. The van der Waals surface area contributed by atoms with Crippen LogP contribution in [0.1, 0.15) is 121 Å².